The highest BCUT2D eigenvalue weighted by Crippen LogP contribution is 2.38. The first-order valence-electron chi connectivity index (χ1n) is 9.05. The number of aromatic nitrogens is 3. The molecule has 29 heavy (non-hydrogen) atoms. The van der Waals surface area contributed by atoms with Crippen LogP contribution in [-0.2, 0) is 0 Å². The molecule has 7 nitrogen and oxygen atoms in total. The molecule has 0 spiro atoms. The van der Waals surface area contributed by atoms with E-state index in [9.17, 15) is 15.5 Å². The molecule has 0 unspecified atom stereocenters. The van der Waals surface area contributed by atoms with E-state index in [0.29, 0.717) is 16.8 Å². The maximum absolute atomic E-state index is 9.98. The number of fused-ring (bicyclic) bond motifs is 1. The molecular weight excluding hydrogens is 366 g/mol. The molecule has 2 heterocycles. The Hall–Kier alpha value is -4.05. The molecule has 7 heteroatoms. The van der Waals surface area contributed by atoms with Crippen molar-refractivity contribution in [3.8, 4) is 34.4 Å². The topological polar surface area (TPSA) is 123 Å². The van der Waals surface area contributed by atoms with Gasteiger partial charge in [-0.1, -0.05) is 12.1 Å². The van der Waals surface area contributed by atoms with Gasteiger partial charge in [0.2, 0.25) is 0 Å². The lowest BCUT2D eigenvalue weighted by molar-refractivity contribution is -0.632. The number of nitriles is 1. The van der Waals surface area contributed by atoms with Crippen molar-refractivity contribution in [1.29, 1.82) is 5.26 Å². The van der Waals surface area contributed by atoms with Crippen LogP contribution in [0, 0.1) is 32.1 Å². The van der Waals surface area contributed by atoms with E-state index < -0.39 is 0 Å². The van der Waals surface area contributed by atoms with Crippen molar-refractivity contribution in [3.63, 3.8) is 0 Å². The van der Waals surface area contributed by atoms with Crippen molar-refractivity contribution in [2.75, 3.05) is 5.73 Å². The van der Waals surface area contributed by atoms with Gasteiger partial charge in [0, 0.05) is 5.56 Å². The summed E-state index contributed by atoms with van der Waals surface area (Å²) in [5.74, 6) is -0.411. The molecule has 4 aromatic rings. The molecule has 5 N–H and O–H groups in total. The fraction of sp³-hybridized carbons (Fsp3) is 0.136. The molecule has 144 valence electrons. The minimum atomic E-state index is -0.273. The third-order valence-corrected chi connectivity index (χ3v) is 5.20. The van der Waals surface area contributed by atoms with Crippen molar-refractivity contribution in [3.05, 3.63) is 58.8 Å². The van der Waals surface area contributed by atoms with Gasteiger partial charge in [-0.25, -0.2) is 5.10 Å². The monoisotopic (exact) mass is 386 g/mol. The quantitative estimate of drug-likeness (QED) is 0.311. The van der Waals surface area contributed by atoms with Crippen LogP contribution in [0.4, 0.5) is 5.82 Å². The Bertz CT molecular complexity index is 1330. The van der Waals surface area contributed by atoms with Gasteiger partial charge in [0.1, 0.15) is 17.0 Å². The number of aromatic amines is 1. The van der Waals surface area contributed by atoms with Crippen LogP contribution in [0.15, 0.2) is 36.4 Å². The lowest BCUT2D eigenvalue weighted by Gasteiger charge is -2.07. The van der Waals surface area contributed by atoms with Crippen molar-refractivity contribution in [2.24, 2.45) is 0 Å². The summed E-state index contributed by atoms with van der Waals surface area (Å²) < 4.78 is 1.83. The zero-order chi connectivity index (χ0) is 20.9. The van der Waals surface area contributed by atoms with Crippen LogP contribution in [0.3, 0.4) is 0 Å². The van der Waals surface area contributed by atoms with Gasteiger partial charge in [0.25, 0.3) is 5.82 Å². The predicted octanol–water partition coefficient (Wildman–Crippen LogP) is 3.30. The van der Waals surface area contributed by atoms with Crippen molar-refractivity contribution >= 4 is 16.9 Å². The molecule has 0 radical (unpaired) electrons. The van der Waals surface area contributed by atoms with E-state index in [-0.39, 0.29) is 22.9 Å². The van der Waals surface area contributed by atoms with Crippen LogP contribution in [0.5, 0.6) is 11.5 Å². The first kappa shape index (κ1) is 18.3. The van der Waals surface area contributed by atoms with Crippen molar-refractivity contribution in [2.45, 2.75) is 20.8 Å². The predicted molar refractivity (Wildman–Crippen MR) is 110 cm³/mol. The second-order valence-electron chi connectivity index (χ2n) is 7.10. The van der Waals surface area contributed by atoms with E-state index in [4.69, 9.17) is 5.73 Å². The maximum Gasteiger partial charge on any atom is 0.359 e. The number of nitrogens with one attached hydrogen (secondary N) is 1. The molecule has 0 bridgehead atoms. The van der Waals surface area contributed by atoms with Gasteiger partial charge in [-0.2, -0.15) is 5.26 Å². The largest absolute Gasteiger partial charge is 0.504 e. The van der Waals surface area contributed by atoms with Gasteiger partial charge in [-0.3, -0.25) is 0 Å². The average Bonchev–Trinajstić information content (AvgIpc) is 3.01. The van der Waals surface area contributed by atoms with Gasteiger partial charge in [-0.05, 0) is 66.7 Å². The minimum Gasteiger partial charge on any atom is -0.504 e. The number of hydrogen-bond donors (Lipinski definition) is 4. The zero-order valence-corrected chi connectivity index (χ0v) is 16.3. The molecule has 0 atom stereocenters. The molecule has 0 amide bonds. The smallest absolute Gasteiger partial charge is 0.359 e. The van der Waals surface area contributed by atoms with Gasteiger partial charge < -0.3 is 15.9 Å². The number of aromatic hydroxyl groups is 2. The summed E-state index contributed by atoms with van der Waals surface area (Å²) in [7, 11) is 0. The molecule has 0 aliphatic heterocycles. The SMILES string of the molecule is Cc1ccc(-[n+]2[nH]c(C)c3c(-c4ccc(O)c(O)c4)c(C#N)c(N)nc32)cc1C. The average molecular weight is 386 g/mol. The Morgan fingerprint density at radius 2 is 1.79 bits per heavy atom. The second-order valence-corrected chi connectivity index (χ2v) is 7.10. The standard InChI is InChI=1S/C22H19N5O2/c1-11-4-6-15(8-12(11)2)27-22-19(13(3)26-27)20(16(10-23)21(24)25-22)14-5-7-17(28)18(29)9-14/h4-9H,1-3H3,(H4,24,25,26,28,29)/p+1. The van der Waals surface area contributed by atoms with E-state index in [1.54, 1.807) is 6.07 Å². The highest BCUT2D eigenvalue weighted by Gasteiger charge is 2.28. The maximum atomic E-state index is 9.98. The van der Waals surface area contributed by atoms with Crippen molar-refractivity contribution in [1.82, 2.24) is 10.1 Å². The number of phenolic OH excluding ortho intramolecular Hbond substituents is 2. The highest BCUT2D eigenvalue weighted by atomic mass is 16.3. The van der Waals surface area contributed by atoms with Gasteiger partial charge in [0.05, 0.1) is 5.69 Å². The first-order valence-corrected chi connectivity index (χ1v) is 9.05. The van der Waals surface area contributed by atoms with Gasteiger partial charge >= 0.3 is 5.65 Å². The summed E-state index contributed by atoms with van der Waals surface area (Å²) in [6.45, 7) is 5.98. The summed E-state index contributed by atoms with van der Waals surface area (Å²) in [5, 5.41) is 33.4. The summed E-state index contributed by atoms with van der Waals surface area (Å²) in [5.41, 5.74) is 12.1. The highest BCUT2D eigenvalue weighted by molar-refractivity contribution is 5.99. The van der Waals surface area contributed by atoms with E-state index in [0.717, 1.165) is 22.3 Å². The van der Waals surface area contributed by atoms with Crippen LogP contribution in [-0.4, -0.2) is 20.3 Å². The van der Waals surface area contributed by atoms with Crippen molar-refractivity contribution < 1.29 is 14.9 Å². The number of aryl methyl sites for hydroxylation is 3. The number of rotatable bonds is 2. The van der Waals surface area contributed by atoms with Crippen LogP contribution >= 0.6 is 0 Å². The van der Waals surface area contributed by atoms with E-state index >= 15 is 0 Å². The number of phenols is 2. The number of pyridine rings is 1. The summed E-state index contributed by atoms with van der Waals surface area (Å²) in [4.78, 5) is 4.50. The molecule has 0 saturated carbocycles. The summed E-state index contributed by atoms with van der Waals surface area (Å²) in [6, 6.07) is 12.6. The Balaban J connectivity index is 2.10. The first-order chi connectivity index (χ1) is 13.8. The number of H-pyrrole nitrogens is 1. The summed E-state index contributed by atoms with van der Waals surface area (Å²) in [6.07, 6.45) is 0. The lowest BCUT2D eigenvalue weighted by atomic mass is 9.96. The van der Waals surface area contributed by atoms with Crippen LogP contribution in [0.2, 0.25) is 0 Å². The molecule has 2 aromatic carbocycles. The molecule has 0 aliphatic rings. The number of hydrogen-bond acceptors (Lipinski definition) is 5. The lowest BCUT2D eigenvalue weighted by Crippen LogP contribution is -2.34. The molecule has 4 rings (SSSR count). The van der Waals surface area contributed by atoms with Crippen LogP contribution in [0.1, 0.15) is 22.4 Å². The molecular formula is C22H20N5O2+. The number of nitrogens with two attached hydrogens (primary N) is 1. The Kier molecular flexibility index (Phi) is 4.13. The Labute approximate surface area is 167 Å². The third kappa shape index (κ3) is 2.82. The van der Waals surface area contributed by atoms with Crippen LogP contribution in [0.25, 0.3) is 27.8 Å². The molecule has 0 saturated heterocycles. The molecule has 0 aliphatic carbocycles. The third-order valence-electron chi connectivity index (χ3n) is 5.20. The normalized spacial score (nSPS) is 11.0. The molecule has 2 aromatic heterocycles. The van der Waals surface area contributed by atoms with E-state index in [2.05, 4.69) is 16.2 Å². The van der Waals surface area contributed by atoms with Gasteiger partial charge in [0.15, 0.2) is 17.2 Å². The van der Waals surface area contributed by atoms with Crippen LogP contribution < -0.4 is 10.4 Å². The number of nitrogens with zero attached hydrogens (tertiary/aromatic N) is 3. The van der Waals surface area contributed by atoms with E-state index in [1.807, 2.05) is 43.7 Å². The van der Waals surface area contributed by atoms with E-state index in [1.165, 1.54) is 17.7 Å². The number of anilines is 1. The minimum absolute atomic E-state index is 0.0964. The Morgan fingerprint density at radius 3 is 2.45 bits per heavy atom. The van der Waals surface area contributed by atoms with Gasteiger partial charge in [-0.15, -0.1) is 4.68 Å². The fourth-order valence-corrected chi connectivity index (χ4v) is 3.52. The summed E-state index contributed by atoms with van der Waals surface area (Å²) >= 11 is 0. The Morgan fingerprint density at radius 1 is 1.03 bits per heavy atom. The zero-order valence-electron chi connectivity index (χ0n) is 16.3. The molecule has 0 fully saturated rings. The number of nitrogen functional groups attached to an aromatic ring is 1. The second kappa shape index (κ2) is 6.53. The fourth-order valence-electron chi connectivity index (χ4n) is 3.52. The number of benzene rings is 2.